The molecule has 3 rings (SSSR count). The summed E-state index contributed by atoms with van der Waals surface area (Å²) in [5.74, 6) is 1.09. The van der Waals surface area contributed by atoms with Crippen molar-refractivity contribution >= 4 is 28.4 Å². The number of urea groups is 1. The number of methoxy groups -OCH3 is 2. The van der Waals surface area contributed by atoms with Crippen molar-refractivity contribution in [2.75, 3.05) is 24.9 Å². The van der Waals surface area contributed by atoms with Crippen molar-refractivity contribution in [3.63, 3.8) is 0 Å². The lowest BCUT2D eigenvalue weighted by molar-refractivity contribution is 0.262. The van der Waals surface area contributed by atoms with Crippen molar-refractivity contribution in [1.82, 2.24) is 9.97 Å². The van der Waals surface area contributed by atoms with Gasteiger partial charge >= 0.3 is 11.7 Å². The quantitative estimate of drug-likeness (QED) is 0.590. The second kappa shape index (κ2) is 6.37. The van der Waals surface area contributed by atoms with Crippen LogP contribution in [0.3, 0.4) is 0 Å². The van der Waals surface area contributed by atoms with Gasteiger partial charge in [0.1, 0.15) is 0 Å². The fourth-order valence-electron chi connectivity index (χ4n) is 2.32. The predicted octanol–water partition coefficient (Wildman–Crippen LogP) is 2.52. The number of anilines is 2. The van der Waals surface area contributed by atoms with E-state index in [9.17, 15) is 9.59 Å². The number of H-pyrrole nitrogens is 2. The van der Waals surface area contributed by atoms with Gasteiger partial charge in [-0.3, -0.25) is 0 Å². The maximum atomic E-state index is 12.1. The molecule has 0 aliphatic heterocycles. The molecule has 0 atom stereocenters. The molecule has 0 spiro atoms. The average molecular weight is 328 g/mol. The molecule has 8 heteroatoms. The molecule has 1 aromatic heterocycles. The number of carbonyl (C=O) groups is 1. The molecule has 124 valence electrons. The Labute approximate surface area is 136 Å². The number of aromatic amines is 2. The lowest BCUT2D eigenvalue weighted by Gasteiger charge is -2.11. The summed E-state index contributed by atoms with van der Waals surface area (Å²) < 4.78 is 10.3. The van der Waals surface area contributed by atoms with Crippen LogP contribution in [0.1, 0.15) is 0 Å². The zero-order valence-corrected chi connectivity index (χ0v) is 13.1. The van der Waals surface area contributed by atoms with E-state index in [1.165, 1.54) is 7.11 Å². The largest absolute Gasteiger partial charge is 0.493 e. The number of nitrogens with one attached hydrogen (secondary N) is 4. The molecule has 0 fully saturated rings. The van der Waals surface area contributed by atoms with Gasteiger partial charge in [-0.2, -0.15) is 0 Å². The zero-order valence-electron chi connectivity index (χ0n) is 13.1. The van der Waals surface area contributed by atoms with Crippen LogP contribution in [0, 0.1) is 0 Å². The van der Waals surface area contributed by atoms with E-state index >= 15 is 0 Å². The average Bonchev–Trinajstić information content (AvgIpc) is 2.93. The van der Waals surface area contributed by atoms with Gasteiger partial charge in [0.15, 0.2) is 11.5 Å². The van der Waals surface area contributed by atoms with Gasteiger partial charge < -0.3 is 30.1 Å². The smallest absolute Gasteiger partial charge is 0.323 e. The van der Waals surface area contributed by atoms with Crippen LogP contribution < -0.4 is 25.8 Å². The number of hydrogen-bond acceptors (Lipinski definition) is 4. The summed E-state index contributed by atoms with van der Waals surface area (Å²) in [7, 11) is 3.06. The topological polar surface area (TPSA) is 108 Å². The van der Waals surface area contributed by atoms with Crippen LogP contribution in [0.2, 0.25) is 0 Å². The van der Waals surface area contributed by atoms with E-state index in [0.29, 0.717) is 33.9 Å². The van der Waals surface area contributed by atoms with E-state index < -0.39 is 6.03 Å². The highest BCUT2D eigenvalue weighted by atomic mass is 16.5. The Hall–Kier alpha value is -3.42. The molecule has 0 aliphatic rings. The maximum Gasteiger partial charge on any atom is 0.323 e. The van der Waals surface area contributed by atoms with E-state index in [1.807, 2.05) is 0 Å². The minimum Gasteiger partial charge on any atom is -0.493 e. The van der Waals surface area contributed by atoms with E-state index in [4.69, 9.17) is 9.47 Å². The zero-order chi connectivity index (χ0) is 17.1. The molecule has 0 aliphatic carbocycles. The Kier molecular flexibility index (Phi) is 4.11. The molecule has 4 N–H and O–H groups in total. The van der Waals surface area contributed by atoms with Crippen LogP contribution in [0.5, 0.6) is 11.5 Å². The van der Waals surface area contributed by atoms with Crippen LogP contribution in [0.4, 0.5) is 16.2 Å². The summed E-state index contributed by atoms with van der Waals surface area (Å²) >= 11 is 0. The van der Waals surface area contributed by atoms with E-state index in [-0.39, 0.29) is 5.69 Å². The summed E-state index contributed by atoms with van der Waals surface area (Å²) in [4.78, 5) is 28.6. The first kappa shape index (κ1) is 15.5. The molecule has 2 amide bonds. The highest BCUT2D eigenvalue weighted by Crippen LogP contribution is 2.29. The minimum absolute atomic E-state index is 0.295. The Morgan fingerprint density at radius 2 is 1.50 bits per heavy atom. The van der Waals surface area contributed by atoms with E-state index in [1.54, 1.807) is 43.5 Å². The normalized spacial score (nSPS) is 10.4. The number of hydrogen-bond donors (Lipinski definition) is 4. The molecule has 0 radical (unpaired) electrons. The molecular weight excluding hydrogens is 312 g/mol. The first-order valence-corrected chi connectivity index (χ1v) is 7.11. The Bertz CT molecular complexity index is 945. The maximum absolute atomic E-state index is 12.1. The molecule has 0 saturated carbocycles. The van der Waals surface area contributed by atoms with Crippen LogP contribution in [-0.4, -0.2) is 30.2 Å². The van der Waals surface area contributed by atoms with Gasteiger partial charge in [0.25, 0.3) is 0 Å². The molecule has 0 bridgehead atoms. The van der Waals surface area contributed by atoms with Gasteiger partial charge in [0.2, 0.25) is 0 Å². The van der Waals surface area contributed by atoms with E-state index in [0.717, 1.165) is 0 Å². The summed E-state index contributed by atoms with van der Waals surface area (Å²) in [6.07, 6.45) is 0. The Morgan fingerprint density at radius 1 is 0.875 bits per heavy atom. The second-order valence-corrected chi connectivity index (χ2v) is 4.99. The van der Waals surface area contributed by atoms with Gasteiger partial charge in [0.05, 0.1) is 25.3 Å². The van der Waals surface area contributed by atoms with Crippen molar-refractivity contribution in [2.24, 2.45) is 0 Å². The number of carbonyl (C=O) groups excluding carboxylic acids is 1. The molecule has 24 heavy (non-hydrogen) atoms. The lowest BCUT2D eigenvalue weighted by Crippen LogP contribution is -2.19. The third kappa shape index (κ3) is 3.17. The van der Waals surface area contributed by atoms with Gasteiger partial charge in [0, 0.05) is 17.4 Å². The highest BCUT2D eigenvalue weighted by Gasteiger charge is 2.08. The van der Waals surface area contributed by atoms with Gasteiger partial charge in [-0.25, -0.2) is 9.59 Å². The number of benzene rings is 2. The predicted molar refractivity (Wildman–Crippen MR) is 91.1 cm³/mol. The van der Waals surface area contributed by atoms with Crippen LogP contribution >= 0.6 is 0 Å². The third-order valence-electron chi connectivity index (χ3n) is 3.42. The molecule has 1 heterocycles. The highest BCUT2D eigenvalue weighted by molar-refractivity contribution is 6.00. The number of fused-ring (bicyclic) bond motifs is 1. The molecule has 0 saturated heterocycles. The van der Waals surface area contributed by atoms with Gasteiger partial charge in [-0.05, 0) is 30.3 Å². The monoisotopic (exact) mass is 328 g/mol. The SMILES string of the molecule is COc1ccc(NC(=O)Nc2ccc3[nH]c(=O)[nH]c3c2)cc1OC. The van der Waals surface area contributed by atoms with Crippen molar-refractivity contribution < 1.29 is 14.3 Å². The summed E-state index contributed by atoms with van der Waals surface area (Å²) in [5, 5.41) is 5.40. The summed E-state index contributed by atoms with van der Waals surface area (Å²) in [5.41, 5.74) is 2.10. The standard InChI is InChI=1S/C16H16N4O4/c1-23-13-6-4-10(8-14(13)24-2)18-15(21)17-9-3-5-11-12(7-9)20-16(22)19-11/h3-8H,1-2H3,(H2,17,18,21)(H2,19,20,22). The van der Waals surface area contributed by atoms with Crippen molar-refractivity contribution in [3.05, 3.63) is 46.9 Å². The molecule has 3 aromatic rings. The van der Waals surface area contributed by atoms with Gasteiger partial charge in [-0.15, -0.1) is 0 Å². The third-order valence-corrected chi connectivity index (χ3v) is 3.42. The first-order chi connectivity index (χ1) is 11.6. The number of aromatic nitrogens is 2. The fraction of sp³-hybridized carbons (Fsp3) is 0.125. The Balaban J connectivity index is 1.73. The first-order valence-electron chi connectivity index (χ1n) is 7.11. The van der Waals surface area contributed by atoms with E-state index in [2.05, 4.69) is 20.6 Å². The van der Waals surface area contributed by atoms with Crippen molar-refractivity contribution in [2.45, 2.75) is 0 Å². The minimum atomic E-state index is -0.417. The molecule has 8 nitrogen and oxygen atoms in total. The number of amides is 2. The number of rotatable bonds is 4. The molecule has 2 aromatic carbocycles. The molecular formula is C16H16N4O4. The summed E-state index contributed by atoms with van der Waals surface area (Å²) in [6, 6.07) is 9.71. The van der Waals surface area contributed by atoms with Crippen LogP contribution in [0.15, 0.2) is 41.2 Å². The number of ether oxygens (including phenoxy) is 2. The van der Waals surface area contributed by atoms with Gasteiger partial charge in [-0.1, -0.05) is 0 Å². The fourth-order valence-corrected chi connectivity index (χ4v) is 2.32. The number of imidazole rings is 1. The summed E-state index contributed by atoms with van der Waals surface area (Å²) in [6.45, 7) is 0. The lowest BCUT2D eigenvalue weighted by atomic mass is 10.2. The second-order valence-electron chi connectivity index (χ2n) is 4.99. The van der Waals surface area contributed by atoms with Crippen LogP contribution in [-0.2, 0) is 0 Å². The van der Waals surface area contributed by atoms with Crippen molar-refractivity contribution in [3.8, 4) is 11.5 Å². The molecule has 0 unspecified atom stereocenters. The van der Waals surface area contributed by atoms with Crippen molar-refractivity contribution in [1.29, 1.82) is 0 Å². The Morgan fingerprint density at radius 3 is 2.21 bits per heavy atom. The van der Waals surface area contributed by atoms with Crippen LogP contribution in [0.25, 0.3) is 11.0 Å².